The Hall–Kier alpha value is -1.11. The van der Waals surface area contributed by atoms with Crippen LogP contribution in [-0.2, 0) is 6.18 Å². The molecule has 0 saturated carbocycles. The number of halogens is 5. The van der Waals surface area contributed by atoms with Gasteiger partial charge >= 0.3 is 6.18 Å². The van der Waals surface area contributed by atoms with Crippen LogP contribution in [0.5, 0.6) is 0 Å². The fourth-order valence-corrected chi connectivity index (χ4v) is 1.52. The molecule has 1 rings (SSSR count). The fraction of sp³-hybridized carbons (Fsp3) is 0.417. The van der Waals surface area contributed by atoms with E-state index in [4.69, 9.17) is 0 Å². The summed E-state index contributed by atoms with van der Waals surface area (Å²) in [6.07, 6.45) is -4.61. The van der Waals surface area contributed by atoms with Crippen molar-refractivity contribution in [3.63, 3.8) is 0 Å². The lowest BCUT2D eigenvalue weighted by molar-refractivity contribution is -0.137. The van der Waals surface area contributed by atoms with Gasteiger partial charge in [0.2, 0.25) is 0 Å². The molecule has 1 aromatic carbocycles. The lowest BCUT2D eigenvalue weighted by atomic mass is 10.1. The van der Waals surface area contributed by atoms with Crippen molar-refractivity contribution >= 4 is 21.8 Å². The first-order valence-electron chi connectivity index (χ1n) is 5.46. The van der Waals surface area contributed by atoms with Gasteiger partial charge in [0.05, 0.1) is 11.1 Å². The van der Waals surface area contributed by atoms with Crippen LogP contribution < -0.4 is 5.32 Å². The smallest absolute Gasteiger partial charge is 0.352 e. The third kappa shape index (κ3) is 4.49. The first-order chi connectivity index (χ1) is 8.75. The van der Waals surface area contributed by atoms with Crippen LogP contribution >= 0.6 is 15.9 Å². The van der Waals surface area contributed by atoms with E-state index in [2.05, 4.69) is 21.2 Å². The summed E-state index contributed by atoms with van der Waals surface area (Å²) in [4.78, 5) is 11.6. The summed E-state index contributed by atoms with van der Waals surface area (Å²) in [5.41, 5.74) is -1.65. The molecule has 0 heterocycles. The van der Waals surface area contributed by atoms with E-state index in [0.29, 0.717) is 23.5 Å². The quantitative estimate of drug-likeness (QED) is 0.657. The zero-order valence-electron chi connectivity index (χ0n) is 10.0. The topological polar surface area (TPSA) is 29.1 Å². The molecule has 1 unspecified atom stereocenters. The zero-order valence-corrected chi connectivity index (χ0v) is 11.6. The molecule has 0 aliphatic rings. The molecule has 19 heavy (non-hydrogen) atoms. The van der Waals surface area contributed by atoms with Gasteiger partial charge in [-0.1, -0.05) is 22.9 Å². The number of amides is 1. The molecule has 7 heteroatoms. The van der Waals surface area contributed by atoms with Gasteiger partial charge in [0, 0.05) is 11.9 Å². The van der Waals surface area contributed by atoms with E-state index in [9.17, 15) is 22.4 Å². The monoisotopic (exact) mass is 341 g/mol. The Kier molecular flexibility index (Phi) is 5.34. The van der Waals surface area contributed by atoms with Gasteiger partial charge in [-0.2, -0.15) is 13.2 Å². The molecular weight excluding hydrogens is 330 g/mol. The highest BCUT2D eigenvalue weighted by Crippen LogP contribution is 2.30. The Morgan fingerprint density at radius 3 is 2.58 bits per heavy atom. The molecule has 0 aliphatic heterocycles. The Bertz CT molecular complexity index is 462. The van der Waals surface area contributed by atoms with E-state index < -0.39 is 29.0 Å². The predicted octanol–water partition coefficient (Wildman–Crippen LogP) is 3.61. The van der Waals surface area contributed by atoms with Crippen LogP contribution in [0.1, 0.15) is 22.8 Å². The number of rotatable bonds is 4. The third-order valence-electron chi connectivity index (χ3n) is 2.41. The van der Waals surface area contributed by atoms with Gasteiger partial charge in [-0.25, -0.2) is 4.39 Å². The van der Waals surface area contributed by atoms with Gasteiger partial charge in [0.1, 0.15) is 5.82 Å². The number of carbonyl (C=O) groups is 1. The Balaban J connectivity index is 2.90. The van der Waals surface area contributed by atoms with E-state index in [0.717, 1.165) is 0 Å². The number of carbonyl (C=O) groups excluding carboxylic acids is 1. The van der Waals surface area contributed by atoms with Gasteiger partial charge < -0.3 is 5.32 Å². The summed E-state index contributed by atoms with van der Waals surface area (Å²) in [5.74, 6) is -1.73. The molecule has 1 N–H and O–H groups in total. The summed E-state index contributed by atoms with van der Waals surface area (Å²) in [6.45, 7) is 2.08. The van der Waals surface area contributed by atoms with Crippen LogP contribution in [0.2, 0.25) is 0 Å². The Labute approximate surface area is 116 Å². The molecule has 1 atom stereocenters. The van der Waals surface area contributed by atoms with Crippen LogP contribution in [-0.4, -0.2) is 17.8 Å². The molecule has 106 valence electrons. The SMILES string of the molecule is CC(CBr)CNC(=O)c1cc(C(F)(F)F)ccc1F. The van der Waals surface area contributed by atoms with Gasteiger partial charge in [0.25, 0.3) is 5.91 Å². The fourth-order valence-electron chi connectivity index (χ4n) is 1.29. The molecule has 0 spiro atoms. The van der Waals surface area contributed by atoms with Crippen molar-refractivity contribution in [2.75, 3.05) is 11.9 Å². The lowest BCUT2D eigenvalue weighted by Crippen LogP contribution is -2.29. The number of alkyl halides is 4. The minimum atomic E-state index is -4.61. The predicted molar refractivity (Wildman–Crippen MR) is 66.7 cm³/mol. The summed E-state index contributed by atoms with van der Waals surface area (Å²) in [5, 5.41) is 3.02. The Morgan fingerprint density at radius 2 is 2.05 bits per heavy atom. The minimum absolute atomic E-state index is 0.0952. The van der Waals surface area contributed by atoms with E-state index in [-0.39, 0.29) is 12.5 Å². The van der Waals surface area contributed by atoms with Crippen molar-refractivity contribution < 1.29 is 22.4 Å². The number of benzene rings is 1. The van der Waals surface area contributed by atoms with Crippen LogP contribution in [0.25, 0.3) is 0 Å². The summed E-state index contributed by atoms with van der Waals surface area (Å²) in [7, 11) is 0. The number of nitrogens with one attached hydrogen (secondary N) is 1. The second-order valence-electron chi connectivity index (χ2n) is 4.16. The number of hydrogen-bond donors (Lipinski definition) is 1. The van der Waals surface area contributed by atoms with Gasteiger partial charge in [-0.15, -0.1) is 0 Å². The average molecular weight is 342 g/mol. The first kappa shape index (κ1) is 15.9. The summed E-state index contributed by atoms with van der Waals surface area (Å²) < 4.78 is 50.8. The summed E-state index contributed by atoms with van der Waals surface area (Å²) in [6, 6.07) is 1.77. The van der Waals surface area contributed by atoms with Crippen LogP contribution in [0.15, 0.2) is 18.2 Å². The molecule has 1 amide bonds. The zero-order chi connectivity index (χ0) is 14.6. The third-order valence-corrected chi connectivity index (χ3v) is 3.52. The van der Waals surface area contributed by atoms with Crippen molar-refractivity contribution in [1.82, 2.24) is 5.32 Å². The van der Waals surface area contributed by atoms with Crippen LogP contribution in [0.3, 0.4) is 0 Å². The van der Waals surface area contributed by atoms with E-state index in [1.165, 1.54) is 0 Å². The first-order valence-corrected chi connectivity index (χ1v) is 6.58. The normalized spacial score (nSPS) is 13.2. The second kappa shape index (κ2) is 6.36. The van der Waals surface area contributed by atoms with Gasteiger partial charge in [-0.3, -0.25) is 4.79 Å². The molecular formula is C12H12BrF4NO. The molecule has 0 radical (unpaired) electrons. The van der Waals surface area contributed by atoms with Gasteiger partial charge in [0.15, 0.2) is 0 Å². The molecule has 2 nitrogen and oxygen atoms in total. The molecule has 0 aromatic heterocycles. The number of hydrogen-bond acceptors (Lipinski definition) is 1. The van der Waals surface area contributed by atoms with E-state index in [1.807, 2.05) is 6.92 Å². The van der Waals surface area contributed by atoms with Gasteiger partial charge in [-0.05, 0) is 24.1 Å². The van der Waals surface area contributed by atoms with E-state index in [1.54, 1.807) is 0 Å². The van der Waals surface area contributed by atoms with E-state index >= 15 is 0 Å². The summed E-state index contributed by atoms with van der Waals surface area (Å²) >= 11 is 3.20. The molecule has 0 aliphatic carbocycles. The molecule has 0 fully saturated rings. The maximum Gasteiger partial charge on any atom is 0.416 e. The van der Waals surface area contributed by atoms with Crippen LogP contribution in [0, 0.1) is 11.7 Å². The molecule has 1 aromatic rings. The largest absolute Gasteiger partial charge is 0.416 e. The minimum Gasteiger partial charge on any atom is -0.352 e. The Morgan fingerprint density at radius 1 is 1.42 bits per heavy atom. The maximum absolute atomic E-state index is 13.4. The highest BCUT2D eigenvalue weighted by molar-refractivity contribution is 9.09. The van der Waals surface area contributed by atoms with Crippen molar-refractivity contribution in [2.45, 2.75) is 13.1 Å². The molecule has 0 bridgehead atoms. The van der Waals surface area contributed by atoms with Crippen molar-refractivity contribution in [1.29, 1.82) is 0 Å². The second-order valence-corrected chi connectivity index (χ2v) is 4.81. The van der Waals surface area contributed by atoms with Crippen molar-refractivity contribution in [3.05, 3.63) is 35.1 Å². The average Bonchev–Trinajstić information content (AvgIpc) is 2.34. The van der Waals surface area contributed by atoms with Crippen LogP contribution in [0.4, 0.5) is 17.6 Å². The standard InChI is InChI=1S/C12H12BrF4NO/c1-7(5-13)6-18-11(19)9-4-8(12(15,16)17)2-3-10(9)14/h2-4,7H,5-6H2,1H3,(H,18,19). The highest BCUT2D eigenvalue weighted by atomic mass is 79.9. The molecule has 0 saturated heterocycles. The lowest BCUT2D eigenvalue weighted by Gasteiger charge is -2.12. The van der Waals surface area contributed by atoms with Crippen molar-refractivity contribution in [3.8, 4) is 0 Å². The maximum atomic E-state index is 13.4. The van der Waals surface area contributed by atoms with Crippen molar-refractivity contribution in [2.24, 2.45) is 5.92 Å². The highest BCUT2D eigenvalue weighted by Gasteiger charge is 2.31.